The fraction of sp³-hybridized carbons (Fsp3) is 0.935. The first-order valence-corrected chi connectivity index (χ1v) is 14.7. The molecule has 5 unspecified atom stereocenters. The highest BCUT2D eigenvalue weighted by atomic mass is 16.5. The zero-order chi connectivity index (χ0) is 23.6. The van der Waals surface area contributed by atoms with E-state index in [0.717, 1.165) is 41.4 Å². The Kier molecular flexibility index (Phi) is 8.24. The molecule has 190 valence electrons. The van der Waals surface area contributed by atoms with Crippen LogP contribution in [-0.4, -0.2) is 17.8 Å². The molecule has 4 aliphatic rings. The van der Waals surface area contributed by atoms with Gasteiger partial charge in [-0.05, 0) is 123 Å². The Morgan fingerprint density at radius 3 is 2.42 bits per heavy atom. The summed E-state index contributed by atoms with van der Waals surface area (Å²) in [6.07, 6.45) is 22.0. The van der Waals surface area contributed by atoms with Crippen LogP contribution >= 0.6 is 0 Å². The number of aliphatic hydroxyl groups excluding tert-OH is 1. The van der Waals surface area contributed by atoms with Crippen molar-refractivity contribution in [2.45, 2.75) is 124 Å². The van der Waals surface area contributed by atoms with E-state index in [1.807, 2.05) is 12.3 Å². The number of fused-ring (bicyclic) bond motifs is 5. The van der Waals surface area contributed by atoms with Gasteiger partial charge in [0.2, 0.25) is 0 Å². The minimum absolute atomic E-state index is 0.214. The van der Waals surface area contributed by atoms with Gasteiger partial charge < -0.3 is 9.84 Å². The van der Waals surface area contributed by atoms with E-state index in [1.165, 1.54) is 77.0 Å². The van der Waals surface area contributed by atoms with Crippen LogP contribution in [0.25, 0.3) is 0 Å². The standard InChI is InChI=1S/C31H54O2/c1-22(2)9-8-10-23(3)27-13-14-28-26-12-11-24-21-25(33-20-7-6-19-32)15-17-30(24,4)29(26)16-18-31(27,28)5/h7,20,22-29,32H,6,8-19,21H2,1-5H3/b20-7-/t23-,24?,25?,26?,27-,28?,29?,30+,31-/m1/s1. The predicted octanol–water partition coefficient (Wildman–Crippen LogP) is 8.39. The van der Waals surface area contributed by atoms with Crippen LogP contribution in [0.15, 0.2) is 12.3 Å². The number of hydrogen-bond donors (Lipinski definition) is 1. The van der Waals surface area contributed by atoms with Crippen molar-refractivity contribution in [2.75, 3.05) is 6.61 Å². The van der Waals surface area contributed by atoms with Crippen molar-refractivity contribution in [3.05, 3.63) is 12.3 Å². The second kappa shape index (κ2) is 10.6. The van der Waals surface area contributed by atoms with E-state index in [9.17, 15) is 0 Å². The highest BCUT2D eigenvalue weighted by Gasteiger charge is 2.60. The van der Waals surface area contributed by atoms with Gasteiger partial charge >= 0.3 is 0 Å². The lowest BCUT2D eigenvalue weighted by Crippen LogP contribution is -2.54. The maximum Gasteiger partial charge on any atom is 0.0981 e. The molecule has 2 heteroatoms. The number of hydrogen-bond acceptors (Lipinski definition) is 2. The molecule has 0 spiro atoms. The maximum atomic E-state index is 8.98. The molecular weight excluding hydrogens is 404 g/mol. The van der Waals surface area contributed by atoms with Crippen LogP contribution in [0.3, 0.4) is 0 Å². The second-order valence-corrected chi connectivity index (χ2v) is 13.6. The lowest BCUT2D eigenvalue weighted by Gasteiger charge is -2.61. The monoisotopic (exact) mass is 458 g/mol. The summed E-state index contributed by atoms with van der Waals surface area (Å²) >= 11 is 0. The molecule has 0 heterocycles. The lowest BCUT2D eigenvalue weighted by atomic mass is 9.44. The van der Waals surface area contributed by atoms with Crippen molar-refractivity contribution in [2.24, 2.45) is 52.3 Å². The number of aliphatic hydroxyl groups is 1. The van der Waals surface area contributed by atoms with Crippen LogP contribution < -0.4 is 0 Å². The summed E-state index contributed by atoms with van der Waals surface area (Å²) in [7, 11) is 0. The van der Waals surface area contributed by atoms with E-state index in [4.69, 9.17) is 9.84 Å². The van der Waals surface area contributed by atoms with Crippen molar-refractivity contribution in [3.8, 4) is 0 Å². The zero-order valence-electron chi connectivity index (χ0n) is 22.5. The molecule has 0 saturated heterocycles. The smallest absolute Gasteiger partial charge is 0.0981 e. The van der Waals surface area contributed by atoms with Crippen molar-refractivity contribution in [1.82, 2.24) is 0 Å². The summed E-state index contributed by atoms with van der Waals surface area (Å²) in [4.78, 5) is 0. The fourth-order valence-corrected chi connectivity index (χ4v) is 9.68. The van der Waals surface area contributed by atoms with Gasteiger partial charge in [-0.25, -0.2) is 0 Å². The topological polar surface area (TPSA) is 29.5 Å². The van der Waals surface area contributed by atoms with E-state index >= 15 is 0 Å². The summed E-state index contributed by atoms with van der Waals surface area (Å²) in [5.74, 6) is 6.51. The van der Waals surface area contributed by atoms with Crippen LogP contribution in [0.4, 0.5) is 0 Å². The third-order valence-electron chi connectivity index (χ3n) is 11.5. The zero-order valence-corrected chi connectivity index (χ0v) is 22.5. The first-order chi connectivity index (χ1) is 15.8. The first kappa shape index (κ1) is 25.6. The Morgan fingerprint density at radius 1 is 0.909 bits per heavy atom. The van der Waals surface area contributed by atoms with E-state index in [-0.39, 0.29) is 6.61 Å². The van der Waals surface area contributed by atoms with Gasteiger partial charge in [0, 0.05) is 6.61 Å². The third-order valence-corrected chi connectivity index (χ3v) is 11.5. The van der Waals surface area contributed by atoms with Crippen LogP contribution in [0, 0.1) is 52.3 Å². The summed E-state index contributed by atoms with van der Waals surface area (Å²) < 4.78 is 6.10. The largest absolute Gasteiger partial charge is 0.498 e. The van der Waals surface area contributed by atoms with Crippen LogP contribution in [-0.2, 0) is 4.74 Å². The van der Waals surface area contributed by atoms with Gasteiger partial charge in [-0.15, -0.1) is 0 Å². The number of ether oxygens (including phenoxy) is 1. The normalized spacial score (nSPS) is 43.8. The van der Waals surface area contributed by atoms with E-state index in [2.05, 4.69) is 34.6 Å². The van der Waals surface area contributed by atoms with Gasteiger partial charge in [-0.2, -0.15) is 0 Å². The molecule has 9 atom stereocenters. The molecule has 0 radical (unpaired) electrons. The molecule has 0 aliphatic heterocycles. The Bertz CT molecular complexity index is 655. The Labute approximate surface area is 205 Å². The Morgan fingerprint density at radius 2 is 1.67 bits per heavy atom. The molecule has 4 aliphatic carbocycles. The molecule has 0 aromatic heterocycles. The minimum Gasteiger partial charge on any atom is -0.498 e. The fourth-order valence-electron chi connectivity index (χ4n) is 9.68. The van der Waals surface area contributed by atoms with Gasteiger partial charge in [0.15, 0.2) is 0 Å². The summed E-state index contributed by atoms with van der Waals surface area (Å²) in [5.41, 5.74) is 1.15. The molecule has 4 rings (SSSR count). The average Bonchev–Trinajstić information content (AvgIpc) is 3.14. The van der Waals surface area contributed by atoms with Crippen LogP contribution in [0.5, 0.6) is 0 Å². The molecule has 0 aromatic carbocycles. The molecule has 4 saturated carbocycles. The van der Waals surface area contributed by atoms with Gasteiger partial charge in [0.25, 0.3) is 0 Å². The highest BCUT2D eigenvalue weighted by Crippen LogP contribution is 2.68. The molecule has 0 amide bonds. The molecule has 4 fully saturated rings. The Hall–Kier alpha value is -0.500. The Balaban J connectivity index is 1.38. The quantitative estimate of drug-likeness (QED) is 0.351. The van der Waals surface area contributed by atoms with E-state index in [1.54, 1.807) is 0 Å². The average molecular weight is 459 g/mol. The molecule has 1 N–H and O–H groups in total. The van der Waals surface area contributed by atoms with E-state index < -0.39 is 0 Å². The molecule has 0 bridgehead atoms. The van der Waals surface area contributed by atoms with Gasteiger partial charge in [-0.1, -0.05) is 53.9 Å². The van der Waals surface area contributed by atoms with Crippen molar-refractivity contribution in [1.29, 1.82) is 0 Å². The molecule has 33 heavy (non-hydrogen) atoms. The van der Waals surface area contributed by atoms with Gasteiger partial charge in [-0.3, -0.25) is 0 Å². The van der Waals surface area contributed by atoms with Gasteiger partial charge in [0.1, 0.15) is 0 Å². The maximum absolute atomic E-state index is 8.98. The van der Waals surface area contributed by atoms with Crippen LogP contribution in [0.2, 0.25) is 0 Å². The SMILES string of the molecule is CC(C)CCC[C@@H](C)[C@H]1CCC2C3CCC4CC(O/C=C\CCO)CC[C@]4(C)C3CC[C@@]21C. The summed E-state index contributed by atoms with van der Waals surface area (Å²) in [6.45, 7) is 13.0. The highest BCUT2D eigenvalue weighted by molar-refractivity contribution is 5.09. The van der Waals surface area contributed by atoms with Crippen LogP contribution in [0.1, 0.15) is 118 Å². The van der Waals surface area contributed by atoms with Crippen molar-refractivity contribution >= 4 is 0 Å². The second-order valence-electron chi connectivity index (χ2n) is 13.6. The first-order valence-electron chi connectivity index (χ1n) is 14.7. The minimum atomic E-state index is 0.214. The van der Waals surface area contributed by atoms with E-state index in [0.29, 0.717) is 23.4 Å². The molecule has 2 nitrogen and oxygen atoms in total. The summed E-state index contributed by atoms with van der Waals surface area (Å²) in [6, 6.07) is 0. The summed E-state index contributed by atoms with van der Waals surface area (Å²) in [5, 5.41) is 8.98. The van der Waals surface area contributed by atoms with Crippen molar-refractivity contribution in [3.63, 3.8) is 0 Å². The van der Waals surface area contributed by atoms with Gasteiger partial charge in [0.05, 0.1) is 12.4 Å². The van der Waals surface area contributed by atoms with Crippen molar-refractivity contribution < 1.29 is 9.84 Å². The predicted molar refractivity (Wildman–Crippen MR) is 139 cm³/mol. The molecular formula is C31H54O2. The third kappa shape index (κ3) is 5.07. The lowest BCUT2D eigenvalue weighted by molar-refractivity contribution is -0.130. The molecule has 0 aromatic rings. The number of rotatable bonds is 9.